The Kier molecular flexibility index (Phi) is 3.81. The highest BCUT2D eigenvalue weighted by Gasteiger charge is 2.31. The number of Topliss-reactive ketones (excluding diaryl/α,β-unsaturated/α-hetero) is 1. The van der Waals surface area contributed by atoms with E-state index in [1.165, 1.54) is 19.3 Å². The average molecular weight is 331 g/mol. The highest BCUT2D eigenvalue weighted by atomic mass is 127. The maximum Gasteiger partial charge on any atom is 0.144 e. The molecule has 0 N–H and O–H groups in total. The largest absolute Gasteiger partial charge is 0.299 e. The van der Waals surface area contributed by atoms with Crippen molar-refractivity contribution in [3.05, 3.63) is 0 Å². The first-order chi connectivity index (χ1) is 5.13. The van der Waals surface area contributed by atoms with E-state index in [9.17, 15) is 4.79 Å². The maximum atomic E-state index is 11.0. The van der Waals surface area contributed by atoms with E-state index in [-0.39, 0.29) is 10.6 Å². The lowest BCUT2D eigenvalue weighted by Crippen LogP contribution is -2.32. The highest BCUT2D eigenvalue weighted by Crippen LogP contribution is 2.37. The molecule has 0 aromatic heterocycles. The molecule has 1 rings (SSSR count). The lowest BCUT2D eigenvalue weighted by atomic mass is 9.82. The number of halogens is 2. The van der Waals surface area contributed by atoms with Crippen molar-refractivity contribution < 1.29 is 4.79 Å². The van der Waals surface area contributed by atoms with Crippen molar-refractivity contribution in [1.29, 1.82) is 0 Å². The van der Waals surface area contributed by atoms with Gasteiger partial charge < -0.3 is 0 Å². The van der Waals surface area contributed by atoms with E-state index in [4.69, 9.17) is 0 Å². The van der Waals surface area contributed by atoms with E-state index in [0.717, 1.165) is 5.92 Å². The van der Waals surface area contributed by atoms with Crippen LogP contribution in [0.1, 0.15) is 26.2 Å². The molecule has 0 spiro atoms. The molecule has 0 amide bonds. The topological polar surface area (TPSA) is 17.1 Å². The third-order valence-electron chi connectivity index (χ3n) is 2.27. The first-order valence-corrected chi connectivity index (χ1v) is 6.07. The minimum Gasteiger partial charge on any atom is -0.299 e. The van der Waals surface area contributed by atoms with E-state index in [1.807, 2.05) is 0 Å². The summed E-state index contributed by atoms with van der Waals surface area (Å²) in [4.78, 5) is 11.1. The average Bonchev–Trinajstić information content (AvgIpc) is 1.82. The molecule has 0 aromatic rings. The molecule has 1 aliphatic carbocycles. The van der Waals surface area contributed by atoms with Gasteiger partial charge in [0.15, 0.2) is 0 Å². The van der Waals surface area contributed by atoms with Gasteiger partial charge in [-0.1, -0.05) is 44.9 Å². The Bertz CT molecular complexity index is 156. The third-order valence-corrected chi connectivity index (χ3v) is 6.21. The van der Waals surface area contributed by atoms with Crippen LogP contribution < -0.4 is 0 Å². The molecule has 1 fully saturated rings. The van der Waals surface area contributed by atoms with E-state index < -0.39 is 0 Å². The zero-order valence-electron chi connectivity index (χ0n) is 6.52. The van der Waals surface area contributed by atoms with Gasteiger partial charge in [-0.2, -0.15) is 0 Å². The monoisotopic (exact) mass is 330 g/mol. The Balaban J connectivity index is 2.38. The smallest absolute Gasteiger partial charge is 0.144 e. The van der Waals surface area contributed by atoms with Crippen LogP contribution in [-0.2, 0) is 4.79 Å². The molecule has 1 nitrogen and oxygen atoms in total. The van der Waals surface area contributed by atoms with Crippen molar-refractivity contribution >= 4 is 44.3 Å². The lowest BCUT2D eigenvalue weighted by Gasteiger charge is -2.32. The summed E-state index contributed by atoms with van der Waals surface area (Å²) in [6.45, 7) is 1.66. The summed E-state index contributed by atoms with van der Waals surface area (Å²) in [5.41, 5.74) is 0. The Morgan fingerprint density at radius 2 is 2.18 bits per heavy atom. The Labute approximate surface area is 89.6 Å². The van der Waals surface area contributed by atoms with Crippen LogP contribution in [0, 0.1) is 5.92 Å². The predicted octanol–water partition coefficient (Wildman–Crippen LogP) is 2.94. The molecule has 0 bridgehead atoms. The van der Waals surface area contributed by atoms with Gasteiger partial charge in [0.1, 0.15) is 5.78 Å². The van der Waals surface area contributed by atoms with Crippen LogP contribution in [-0.4, -0.2) is 14.5 Å². The van der Waals surface area contributed by atoms with Gasteiger partial charge >= 0.3 is 0 Å². The molecule has 3 heteroatoms. The summed E-state index contributed by atoms with van der Waals surface area (Å²) < 4.78 is 0.499. The van der Waals surface area contributed by atoms with Crippen LogP contribution >= 0.6 is 38.5 Å². The number of carbonyl (C=O) groups is 1. The lowest BCUT2D eigenvalue weighted by molar-refractivity contribution is -0.116. The van der Waals surface area contributed by atoms with Gasteiger partial charge in [-0.3, -0.25) is 4.79 Å². The Morgan fingerprint density at radius 1 is 1.64 bits per heavy atom. The zero-order chi connectivity index (χ0) is 8.43. The molecule has 0 aliphatic heterocycles. The second-order valence-electron chi connectivity index (χ2n) is 3.15. The second-order valence-corrected chi connectivity index (χ2v) is 5.57. The summed E-state index contributed by atoms with van der Waals surface area (Å²) in [7, 11) is 0. The predicted molar refractivity (Wildman–Crippen MR) is 58.5 cm³/mol. The van der Waals surface area contributed by atoms with Crippen LogP contribution in [0.15, 0.2) is 0 Å². The van der Waals surface area contributed by atoms with E-state index in [0.29, 0.717) is 3.92 Å². The molecule has 11 heavy (non-hydrogen) atoms. The van der Waals surface area contributed by atoms with Crippen molar-refractivity contribution in [3.8, 4) is 0 Å². The molecule has 0 radical (unpaired) electrons. The van der Waals surface area contributed by atoms with Crippen LogP contribution in [0.2, 0.25) is 0 Å². The summed E-state index contributed by atoms with van der Waals surface area (Å²) in [6.07, 6.45) is 3.97. The zero-order valence-corrected chi connectivity index (χ0v) is 10.3. The van der Waals surface area contributed by atoms with Gasteiger partial charge in [0.2, 0.25) is 0 Å². The van der Waals surface area contributed by atoms with Gasteiger partial charge in [-0.15, -0.1) is 0 Å². The molecule has 1 saturated carbocycles. The first-order valence-electron chi connectivity index (χ1n) is 3.91. The normalized spacial score (nSPS) is 23.9. The fraction of sp³-hybridized carbons (Fsp3) is 0.875. The number of rotatable bonds is 3. The second kappa shape index (κ2) is 4.21. The summed E-state index contributed by atoms with van der Waals surface area (Å²) in [6, 6.07) is 0. The molecular weight excluding hydrogens is 319 g/mol. The molecular formula is C8H12BrIO. The van der Waals surface area contributed by atoms with E-state index in [1.54, 1.807) is 6.92 Å². The number of hydrogen-bond acceptors (Lipinski definition) is 1. The first kappa shape index (κ1) is 9.96. The number of carbonyl (C=O) groups excluding carboxylic acids is 1. The van der Waals surface area contributed by atoms with Gasteiger partial charge in [0.25, 0.3) is 0 Å². The minimum atomic E-state index is 0.0772. The van der Waals surface area contributed by atoms with Gasteiger partial charge in [-0.05, 0) is 25.7 Å². The van der Waals surface area contributed by atoms with Crippen LogP contribution in [0.3, 0.4) is 0 Å². The van der Waals surface area contributed by atoms with Crippen molar-refractivity contribution in [2.75, 3.05) is 0 Å². The molecule has 0 aromatic carbocycles. The number of hydrogen-bond donors (Lipinski definition) is 0. The number of ketones is 1. The van der Waals surface area contributed by atoms with Gasteiger partial charge in [0, 0.05) is 3.92 Å². The SMILES string of the molecule is CC(=O)C(Br)C(I)C1CCC1. The molecule has 2 atom stereocenters. The molecule has 2 unspecified atom stereocenters. The highest BCUT2D eigenvalue weighted by molar-refractivity contribution is 14.1. The third kappa shape index (κ3) is 2.41. The van der Waals surface area contributed by atoms with Crippen molar-refractivity contribution in [2.45, 2.75) is 34.9 Å². The van der Waals surface area contributed by atoms with Crippen LogP contribution in [0.5, 0.6) is 0 Å². The van der Waals surface area contributed by atoms with Crippen LogP contribution in [0.25, 0.3) is 0 Å². The van der Waals surface area contributed by atoms with Crippen molar-refractivity contribution in [2.24, 2.45) is 5.92 Å². The fourth-order valence-corrected chi connectivity index (χ4v) is 2.88. The Morgan fingerprint density at radius 3 is 2.45 bits per heavy atom. The Hall–Kier alpha value is 0.880. The van der Waals surface area contributed by atoms with Crippen molar-refractivity contribution in [1.82, 2.24) is 0 Å². The maximum absolute atomic E-state index is 11.0. The van der Waals surface area contributed by atoms with E-state index >= 15 is 0 Å². The van der Waals surface area contributed by atoms with Gasteiger partial charge in [0.05, 0.1) is 4.83 Å². The molecule has 0 heterocycles. The van der Waals surface area contributed by atoms with Crippen molar-refractivity contribution in [3.63, 3.8) is 0 Å². The standard InChI is InChI=1S/C8H12BrIO/c1-5(11)7(9)8(10)6-3-2-4-6/h6-8H,2-4H2,1H3. The van der Waals surface area contributed by atoms with E-state index in [2.05, 4.69) is 38.5 Å². The summed E-state index contributed by atoms with van der Waals surface area (Å²) >= 11 is 5.82. The number of alkyl halides is 2. The van der Waals surface area contributed by atoms with Crippen LogP contribution in [0.4, 0.5) is 0 Å². The van der Waals surface area contributed by atoms with Gasteiger partial charge in [-0.25, -0.2) is 0 Å². The minimum absolute atomic E-state index is 0.0772. The molecule has 1 aliphatic rings. The fourth-order valence-electron chi connectivity index (χ4n) is 1.22. The summed E-state index contributed by atoms with van der Waals surface area (Å²) in [5, 5.41) is 0. The summed E-state index contributed by atoms with van der Waals surface area (Å²) in [5.74, 6) is 1.04. The molecule has 64 valence electrons. The quantitative estimate of drug-likeness (QED) is 0.574. The molecule has 0 saturated heterocycles.